The normalized spacial score (nSPS) is 17.0. The van der Waals surface area contributed by atoms with Gasteiger partial charge in [0.15, 0.2) is 11.8 Å². The fourth-order valence-electron chi connectivity index (χ4n) is 3.14. The molecule has 1 aromatic heterocycles. The molecule has 1 unspecified atom stereocenters. The molecule has 0 saturated heterocycles. The Hall–Kier alpha value is -2.09. The topological polar surface area (TPSA) is 76.4 Å². The largest absolute Gasteiger partial charge is 0.496 e. The molecule has 0 amide bonds. The first-order valence-electron chi connectivity index (χ1n) is 9.23. The van der Waals surface area contributed by atoms with Crippen molar-refractivity contribution in [3.63, 3.8) is 0 Å². The van der Waals surface area contributed by atoms with Gasteiger partial charge >= 0.3 is 0 Å². The summed E-state index contributed by atoms with van der Waals surface area (Å²) in [5.74, 6) is 3.99. The average molecular weight is 435 g/mol. The van der Waals surface area contributed by atoms with Crippen LogP contribution in [0.2, 0.25) is 0 Å². The Bertz CT molecular complexity index is 817. The standard InChI is InChI=1S/C19H27BrN6O/c1-12(2)18-24-17-8-6-15(11-26(17)25-18)23-19(21-3)22-10-13-9-14(20)5-7-16(13)27-4/h5,7,9,12,15H,6,8,10-11H2,1-4H3,(H2,21,22,23). The third-order valence-electron chi connectivity index (χ3n) is 4.64. The number of nitrogens with one attached hydrogen (secondary N) is 2. The summed E-state index contributed by atoms with van der Waals surface area (Å²) in [7, 11) is 3.47. The van der Waals surface area contributed by atoms with E-state index in [9.17, 15) is 0 Å². The molecule has 0 spiro atoms. The van der Waals surface area contributed by atoms with Gasteiger partial charge in [0.2, 0.25) is 0 Å². The van der Waals surface area contributed by atoms with Crippen molar-refractivity contribution in [1.82, 2.24) is 25.4 Å². The van der Waals surface area contributed by atoms with Crippen LogP contribution in [0.5, 0.6) is 5.75 Å². The number of benzene rings is 1. The number of hydrogen-bond donors (Lipinski definition) is 2. The Labute approximate surface area is 168 Å². The van der Waals surface area contributed by atoms with E-state index in [2.05, 4.69) is 61.6 Å². The second-order valence-corrected chi connectivity index (χ2v) is 7.90. The van der Waals surface area contributed by atoms with Gasteiger partial charge in [0.1, 0.15) is 11.6 Å². The zero-order valence-corrected chi connectivity index (χ0v) is 17.9. The summed E-state index contributed by atoms with van der Waals surface area (Å²) in [4.78, 5) is 9.01. The Balaban J connectivity index is 1.60. The lowest BCUT2D eigenvalue weighted by Crippen LogP contribution is -2.46. The van der Waals surface area contributed by atoms with Gasteiger partial charge < -0.3 is 15.4 Å². The first-order valence-corrected chi connectivity index (χ1v) is 10.0. The van der Waals surface area contributed by atoms with Crippen LogP contribution < -0.4 is 15.4 Å². The molecule has 1 aliphatic rings. The van der Waals surface area contributed by atoms with Crippen LogP contribution >= 0.6 is 15.9 Å². The molecule has 7 nitrogen and oxygen atoms in total. The summed E-state index contributed by atoms with van der Waals surface area (Å²) in [6.45, 7) is 5.68. The van der Waals surface area contributed by atoms with Crippen molar-refractivity contribution < 1.29 is 4.74 Å². The van der Waals surface area contributed by atoms with Crippen molar-refractivity contribution in [2.75, 3.05) is 14.2 Å². The van der Waals surface area contributed by atoms with Crippen molar-refractivity contribution in [2.45, 2.75) is 51.7 Å². The fraction of sp³-hybridized carbons (Fsp3) is 0.526. The van der Waals surface area contributed by atoms with E-state index >= 15 is 0 Å². The predicted octanol–water partition coefficient (Wildman–Crippen LogP) is 2.85. The van der Waals surface area contributed by atoms with Crippen molar-refractivity contribution in [1.29, 1.82) is 0 Å². The lowest BCUT2D eigenvalue weighted by molar-refractivity contribution is 0.391. The minimum absolute atomic E-state index is 0.273. The highest BCUT2D eigenvalue weighted by Crippen LogP contribution is 2.22. The summed E-state index contributed by atoms with van der Waals surface area (Å²) in [5, 5.41) is 11.5. The average Bonchev–Trinajstić information content (AvgIpc) is 3.09. The van der Waals surface area contributed by atoms with Crippen LogP contribution in [0.3, 0.4) is 0 Å². The molecule has 146 valence electrons. The number of guanidine groups is 1. The summed E-state index contributed by atoms with van der Waals surface area (Å²) in [6, 6.07) is 6.25. The molecule has 0 bridgehead atoms. The molecule has 0 saturated carbocycles. The number of rotatable bonds is 5. The molecule has 2 N–H and O–H groups in total. The van der Waals surface area contributed by atoms with Gasteiger partial charge in [-0.05, 0) is 24.6 Å². The summed E-state index contributed by atoms with van der Waals surface area (Å²) in [5.41, 5.74) is 1.07. The highest BCUT2D eigenvalue weighted by molar-refractivity contribution is 9.10. The first kappa shape index (κ1) is 19.7. The fourth-order valence-corrected chi connectivity index (χ4v) is 3.55. The number of methoxy groups -OCH3 is 1. The molecule has 1 aliphatic heterocycles. The highest BCUT2D eigenvalue weighted by Gasteiger charge is 2.23. The maximum absolute atomic E-state index is 5.44. The van der Waals surface area contributed by atoms with Crippen LogP contribution in [0.15, 0.2) is 27.7 Å². The van der Waals surface area contributed by atoms with E-state index in [-0.39, 0.29) is 6.04 Å². The molecule has 2 aromatic rings. The maximum atomic E-state index is 5.44. The van der Waals surface area contributed by atoms with Gasteiger partial charge in [-0.2, -0.15) is 5.10 Å². The van der Waals surface area contributed by atoms with Crippen LogP contribution in [-0.4, -0.2) is 40.9 Å². The monoisotopic (exact) mass is 434 g/mol. The Kier molecular flexibility index (Phi) is 6.36. The van der Waals surface area contributed by atoms with E-state index in [1.807, 2.05) is 16.8 Å². The lowest BCUT2D eigenvalue weighted by atomic mass is 10.1. The quantitative estimate of drug-likeness (QED) is 0.558. The van der Waals surface area contributed by atoms with E-state index in [4.69, 9.17) is 4.74 Å². The Morgan fingerprint density at radius 3 is 2.96 bits per heavy atom. The molecule has 1 atom stereocenters. The van der Waals surface area contributed by atoms with Gasteiger partial charge in [-0.3, -0.25) is 4.99 Å². The molecular formula is C19H27BrN6O. The number of aryl methyl sites for hydroxylation is 1. The Morgan fingerprint density at radius 1 is 1.44 bits per heavy atom. The zero-order valence-electron chi connectivity index (χ0n) is 16.3. The third-order valence-corrected chi connectivity index (χ3v) is 5.14. The molecule has 1 aromatic carbocycles. The SMILES string of the molecule is CN=C(NCc1cc(Br)ccc1OC)NC1CCc2nc(C(C)C)nn2C1. The number of halogens is 1. The van der Waals surface area contributed by atoms with E-state index in [0.717, 1.165) is 52.8 Å². The summed E-state index contributed by atoms with van der Waals surface area (Å²) < 4.78 is 8.49. The molecular weight excluding hydrogens is 408 g/mol. The second kappa shape index (κ2) is 8.73. The number of nitrogens with zero attached hydrogens (tertiary/aromatic N) is 4. The van der Waals surface area contributed by atoms with E-state index in [1.165, 1.54) is 0 Å². The van der Waals surface area contributed by atoms with Crippen LogP contribution in [0.1, 0.15) is 43.4 Å². The van der Waals surface area contributed by atoms with E-state index in [1.54, 1.807) is 14.2 Å². The van der Waals surface area contributed by atoms with Gasteiger partial charge in [-0.15, -0.1) is 0 Å². The highest BCUT2D eigenvalue weighted by atomic mass is 79.9. The van der Waals surface area contributed by atoms with E-state index in [0.29, 0.717) is 12.5 Å². The van der Waals surface area contributed by atoms with Crippen molar-refractivity contribution >= 4 is 21.9 Å². The third kappa shape index (κ3) is 4.80. The van der Waals surface area contributed by atoms with Crippen LogP contribution in [0.4, 0.5) is 0 Å². The minimum atomic E-state index is 0.273. The van der Waals surface area contributed by atoms with E-state index < -0.39 is 0 Å². The smallest absolute Gasteiger partial charge is 0.191 e. The minimum Gasteiger partial charge on any atom is -0.496 e. The molecule has 3 rings (SSSR count). The zero-order chi connectivity index (χ0) is 19.4. The number of hydrogen-bond acceptors (Lipinski definition) is 4. The lowest BCUT2D eigenvalue weighted by Gasteiger charge is -2.25. The second-order valence-electron chi connectivity index (χ2n) is 6.98. The molecule has 0 aliphatic carbocycles. The van der Waals surface area contributed by atoms with Gasteiger partial charge in [-0.1, -0.05) is 29.8 Å². The van der Waals surface area contributed by atoms with Crippen molar-refractivity contribution in [2.24, 2.45) is 4.99 Å². The van der Waals surface area contributed by atoms with Crippen LogP contribution in [0.25, 0.3) is 0 Å². The summed E-state index contributed by atoms with van der Waals surface area (Å²) >= 11 is 3.51. The van der Waals surface area contributed by atoms with Crippen LogP contribution in [-0.2, 0) is 19.5 Å². The van der Waals surface area contributed by atoms with Gasteiger partial charge in [0.25, 0.3) is 0 Å². The molecule has 2 heterocycles. The number of fused-ring (bicyclic) bond motifs is 1. The molecule has 27 heavy (non-hydrogen) atoms. The number of aromatic nitrogens is 3. The van der Waals surface area contributed by atoms with Crippen molar-refractivity contribution in [3.8, 4) is 5.75 Å². The Morgan fingerprint density at radius 2 is 2.26 bits per heavy atom. The number of ether oxygens (including phenoxy) is 1. The molecule has 8 heteroatoms. The number of aliphatic imine (C=N–C) groups is 1. The van der Waals surface area contributed by atoms with Crippen molar-refractivity contribution in [3.05, 3.63) is 39.9 Å². The molecule has 0 radical (unpaired) electrons. The molecule has 0 fully saturated rings. The predicted molar refractivity (Wildman–Crippen MR) is 110 cm³/mol. The van der Waals surface area contributed by atoms with Gasteiger partial charge in [0.05, 0.1) is 13.7 Å². The van der Waals surface area contributed by atoms with Crippen LogP contribution in [0, 0.1) is 0 Å². The summed E-state index contributed by atoms with van der Waals surface area (Å²) in [6.07, 6.45) is 1.94. The maximum Gasteiger partial charge on any atom is 0.191 e. The first-order chi connectivity index (χ1) is 13.0. The van der Waals surface area contributed by atoms with Gasteiger partial charge in [-0.25, -0.2) is 9.67 Å². The van der Waals surface area contributed by atoms with Gasteiger partial charge in [0, 0.05) is 42.0 Å².